The zero-order valence-electron chi connectivity index (χ0n) is 18.7. The minimum Gasteiger partial charge on any atom is -0.464 e. The lowest BCUT2D eigenvalue weighted by Gasteiger charge is -2.41. The summed E-state index contributed by atoms with van der Waals surface area (Å²) in [6.07, 6.45) is -4.69. The molecule has 1 amide bonds. The van der Waals surface area contributed by atoms with Gasteiger partial charge in [-0.25, -0.2) is 4.79 Å². The molecule has 19 heteroatoms. The van der Waals surface area contributed by atoms with Crippen molar-refractivity contribution in [2.24, 2.45) is 0 Å². The van der Waals surface area contributed by atoms with Gasteiger partial charge in [-0.1, -0.05) is 32.6 Å². The molecule has 0 aromatic carbocycles. The smallest absolute Gasteiger partial charge is 0.460 e. The topological polar surface area (TPSA) is 55.4 Å². The van der Waals surface area contributed by atoms with Crippen LogP contribution in [0.5, 0.6) is 0 Å². The Morgan fingerprint density at radius 2 is 1.05 bits per heavy atom. The number of hydrogen-bond acceptors (Lipinski definition) is 3. The van der Waals surface area contributed by atoms with Crippen LogP contribution < -0.4 is 5.32 Å². The van der Waals surface area contributed by atoms with Crippen LogP contribution in [-0.4, -0.2) is 66.2 Å². The minimum absolute atomic E-state index is 0.207. The fourth-order valence-electron chi connectivity index (χ4n) is 2.46. The monoisotopic (exact) mass is 583 g/mol. The molecular weight excluding hydrogens is 563 g/mol. The Labute approximate surface area is 198 Å². The summed E-state index contributed by atoms with van der Waals surface area (Å²) in [5.41, 5.74) is 0. The molecule has 0 bridgehead atoms. The van der Waals surface area contributed by atoms with Crippen LogP contribution in [0, 0.1) is 0 Å². The number of nitrogens with one attached hydrogen (secondary N) is 1. The lowest BCUT2D eigenvalue weighted by Crippen LogP contribution is -2.74. The number of esters is 1. The highest BCUT2D eigenvalue weighted by molar-refractivity contribution is 5.89. The van der Waals surface area contributed by atoms with E-state index in [1.165, 1.54) is 0 Å². The first kappa shape index (κ1) is 34.9. The van der Waals surface area contributed by atoms with E-state index in [0.717, 1.165) is 12.8 Å². The van der Waals surface area contributed by atoms with E-state index in [1.54, 1.807) is 0 Å². The SMILES string of the molecule is CCCCCCCOC(=O)C(C)NC(=O)C(F)(F)C(F)(F)C(F)(F)C(F)(F)C(F)(F)C(F)(F)C(F)(F)F. The molecule has 0 aromatic rings. The summed E-state index contributed by atoms with van der Waals surface area (Å²) < 4.78 is 202. The van der Waals surface area contributed by atoms with Gasteiger partial charge in [0.15, 0.2) is 0 Å². The van der Waals surface area contributed by atoms with E-state index in [9.17, 15) is 75.4 Å². The van der Waals surface area contributed by atoms with Crippen LogP contribution in [0.1, 0.15) is 46.0 Å². The van der Waals surface area contributed by atoms with Crippen LogP contribution in [0.15, 0.2) is 0 Å². The summed E-state index contributed by atoms with van der Waals surface area (Å²) in [7, 11) is 0. The number of amides is 1. The molecule has 220 valence electrons. The number of carbonyl (C=O) groups excluding carboxylic acids is 2. The van der Waals surface area contributed by atoms with E-state index in [4.69, 9.17) is 0 Å². The summed E-state index contributed by atoms with van der Waals surface area (Å²) in [6, 6.07) is -2.34. The molecule has 1 atom stereocenters. The Morgan fingerprint density at radius 3 is 1.49 bits per heavy atom. The van der Waals surface area contributed by atoms with Crippen molar-refractivity contribution < 1.29 is 80.2 Å². The summed E-state index contributed by atoms with van der Waals surface area (Å²) in [6.45, 7) is 1.95. The number of ether oxygens (including phenoxy) is 1. The first-order valence-corrected chi connectivity index (χ1v) is 10.1. The van der Waals surface area contributed by atoms with Crippen molar-refractivity contribution in [1.82, 2.24) is 5.32 Å². The molecule has 0 aromatic heterocycles. The van der Waals surface area contributed by atoms with E-state index < -0.39 is 59.6 Å². The third kappa shape index (κ3) is 6.31. The first-order valence-electron chi connectivity index (χ1n) is 10.1. The Kier molecular flexibility index (Phi) is 10.7. The van der Waals surface area contributed by atoms with Crippen molar-refractivity contribution in [2.45, 2.75) is 93.7 Å². The maximum atomic E-state index is 13.8. The highest BCUT2D eigenvalue weighted by Crippen LogP contribution is 2.62. The van der Waals surface area contributed by atoms with Crippen molar-refractivity contribution in [3.63, 3.8) is 0 Å². The molecule has 0 aliphatic heterocycles. The number of alkyl halides is 15. The molecule has 37 heavy (non-hydrogen) atoms. The number of rotatable bonds is 14. The molecule has 0 fully saturated rings. The van der Waals surface area contributed by atoms with Gasteiger partial charge in [0.2, 0.25) is 0 Å². The molecule has 0 saturated carbocycles. The van der Waals surface area contributed by atoms with Crippen molar-refractivity contribution in [3.8, 4) is 0 Å². The molecule has 0 aliphatic rings. The fraction of sp³-hybridized carbons (Fsp3) is 0.889. The van der Waals surface area contributed by atoms with Gasteiger partial charge < -0.3 is 10.1 Å². The van der Waals surface area contributed by atoms with E-state index >= 15 is 0 Å². The average Bonchev–Trinajstić information content (AvgIpc) is 2.74. The van der Waals surface area contributed by atoms with Crippen molar-refractivity contribution in [1.29, 1.82) is 0 Å². The van der Waals surface area contributed by atoms with Crippen molar-refractivity contribution in [2.75, 3.05) is 6.61 Å². The molecule has 0 aliphatic carbocycles. The van der Waals surface area contributed by atoms with Gasteiger partial charge in [0.1, 0.15) is 6.04 Å². The molecule has 0 radical (unpaired) electrons. The number of carbonyl (C=O) groups is 2. The predicted octanol–water partition coefficient (Wildman–Crippen LogP) is 6.38. The Morgan fingerprint density at radius 1 is 0.649 bits per heavy atom. The Hall–Kier alpha value is -2.11. The maximum Gasteiger partial charge on any atom is 0.460 e. The standard InChI is InChI=1S/C18H20F15NO3/c1-3-4-5-6-7-8-37-10(35)9(2)34-11(36)12(19,20)13(21,22)14(23,24)15(25,26)16(27,28)17(29,30)18(31,32)33/h9H,3-8H2,1-2H3,(H,34,36). The molecule has 1 unspecified atom stereocenters. The van der Waals surface area contributed by atoms with E-state index in [0.29, 0.717) is 25.1 Å². The number of unbranched alkanes of at least 4 members (excludes halogenated alkanes) is 4. The summed E-state index contributed by atoms with van der Waals surface area (Å²) in [5.74, 6) is -53.8. The molecule has 0 saturated heterocycles. The fourth-order valence-corrected chi connectivity index (χ4v) is 2.46. The summed E-state index contributed by atoms with van der Waals surface area (Å²) in [5, 5.41) is 0.667. The minimum atomic E-state index is -8.51. The lowest BCUT2D eigenvalue weighted by atomic mass is 9.90. The van der Waals surface area contributed by atoms with Gasteiger partial charge in [-0.3, -0.25) is 4.79 Å². The van der Waals surface area contributed by atoms with Crippen LogP contribution in [0.2, 0.25) is 0 Å². The quantitative estimate of drug-likeness (QED) is 0.147. The van der Waals surface area contributed by atoms with Gasteiger partial charge in [0, 0.05) is 0 Å². The molecule has 0 spiro atoms. The summed E-state index contributed by atoms with van der Waals surface area (Å²) >= 11 is 0. The van der Waals surface area contributed by atoms with Crippen LogP contribution in [-0.2, 0) is 14.3 Å². The Bertz CT molecular complexity index is 796. The molecule has 0 heterocycles. The highest BCUT2D eigenvalue weighted by atomic mass is 19.4. The van der Waals surface area contributed by atoms with Gasteiger partial charge in [-0.15, -0.1) is 0 Å². The van der Waals surface area contributed by atoms with E-state index in [2.05, 4.69) is 4.74 Å². The van der Waals surface area contributed by atoms with Gasteiger partial charge >= 0.3 is 47.7 Å². The predicted molar refractivity (Wildman–Crippen MR) is 93.1 cm³/mol. The van der Waals surface area contributed by atoms with Crippen LogP contribution >= 0.6 is 0 Å². The largest absolute Gasteiger partial charge is 0.464 e. The second-order valence-corrected chi connectivity index (χ2v) is 7.72. The van der Waals surface area contributed by atoms with E-state index in [1.807, 2.05) is 6.92 Å². The average molecular weight is 583 g/mol. The van der Waals surface area contributed by atoms with Crippen LogP contribution in [0.25, 0.3) is 0 Å². The van der Waals surface area contributed by atoms with Gasteiger partial charge in [0.05, 0.1) is 6.61 Å². The second kappa shape index (κ2) is 11.3. The number of hydrogen-bond donors (Lipinski definition) is 1. The second-order valence-electron chi connectivity index (χ2n) is 7.72. The van der Waals surface area contributed by atoms with Crippen molar-refractivity contribution in [3.05, 3.63) is 0 Å². The van der Waals surface area contributed by atoms with Gasteiger partial charge in [0.25, 0.3) is 5.91 Å². The normalized spacial score (nSPS) is 15.4. The third-order valence-corrected chi connectivity index (χ3v) is 4.81. The zero-order valence-corrected chi connectivity index (χ0v) is 18.7. The van der Waals surface area contributed by atoms with E-state index in [-0.39, 0.29) is 13.0 Å². The molecule has 4 nitrogen and oxygen atoms in total. The maximum absolute atomic E-state index is 13.8. The first-order chi connectivity index (χ1) is 16.3. The zero-order chi connectivity index (χ0) is 29.9. The molecular formula is C18H20F15NO3. The van der Waals surface area contributed by atoms with Gasteiger partial charge in [-0.2, -0.15) is 65.9 Å². The summed E-state index contributed by atoms with van der Waals surface area (Å²) in [4.78, 5) is 23.0. The highest BCUT2D eigenvalue weighted by Gasteiger charge is 2.94. The molecule has 0 rings (SSSR count). The van der Waals surface area contributed by atoms with Crippen LogP contribution in [0.4, 0.5) is 65.9 Å². The van der Waals surface area contributed by atoms with Gasteiger partial charge in [-0.05, 0) is 13.3 Å². The third-order valence-electron chi connectivity index (χ3n) is 4.81. The van der Waals surface area contributed by atoms with Crippen LogP contribution in [0.3, 0.4) is 0 Å². The molecule has 1 N–H and O–H groups in total. The Balaban J connectivity index is 5.83. The van der Waals surface area contributed by atoms with Crippen molar-refractivity contribution >= 4 is 11.9 Å². The number of halogens is 15. The lowest BCUT2D eigenvalue weighted by molar-refractivity contribution is -0.449.